The van der Waals surface area contributed by atoms with Gasteiger partial charge in [0.05, 0.1) is 29.8 Å². The lowest BCUT2D eigenvalue weighted by molar-refractivity contribution is -0.143. The van der Waals surface area contributed by atoms with Crippen LogP contribution in [0.1, 0.15) is 66.4 Å². The van der Waals surface area contributed by atoms with Gasteiger partial charge in [-0.25, -0.2) is 14.0 Å². The van der Waals surface area contributed by atoms with Crippen molar-refractivity contribution in [3.05, 3.63) is 58.2 Å². The van der Waals surface area contributed by atoms with Gasteiger partial charge in [0, 0.05) is 17.4 Å². The molecule has 1 unspecified atom stereocenters. The van der Waals surface area contributed by atoms with Crippen molar-refractivity contribution >= 4 is 11.9 Å². The van der Waals surface area contributed by atoms with Gasteiger partial charge in [-0.3, -0.25) is 0 Å². The van der Waals surface area contributed by atoms with Crippen LogP contribution in [0.25, 0.3) is 0 Å². The third-order valence-electron chi connectivity index (χ3n) is 5.02. The monoisotopic (exact) mass is 417 g/mol. The molecular weight excluding hydrogens is 385 g/mol. The Morgan fingerprint density at radius 1 is 1.00 bits per heavy atom. The fraction of sp³-hybridized carbons (Fsp3) is 0.500. The average Bonchev–Trinajstić information content (AvgIpc) is 2.65. The first-order chi connectivity index (χ1) is 14.1. The molecule has 1 aliphatic rings. The van der Waals surface area contributed by atoms with Gasteiger partial charge < -0.3 is 14.4 Å². The summed E-state index contributed by atoms with van der Waals surface area (Å²) in [6, 6.07) is 5.86. The number of benzene rings is 1. The Morgan fingerprint density at radius 3 is 2.00 bits per heavy atom. The highest BCUT2D eigenvalue weighted by Gasteiger charge is 2.41. The predicted octanol–water partition coefficient (Wildman–Crippen LogP) is 5.09. The first-order valence-electron chi connectivity index (χ1n) is 10.4. The lowest BCUT2D eigenvalue weighted by atomic mass is 9.79. The minimum atomic E-state index is -0.698. The first-order valence-corrected chi connectivity index (χ1v) is 10.4. The molecular formula is C24H32FNO4. The predicted molar refractivity (Wildman–Crippen MR) is 114 cm³/mol. The molecule has 0 saturated heterocycles. The Hall–Kier alpha value is -2.63. The van der Waals surface area contributed by atoms with E-state index in [-0.39, 0.29) is 24.6 Å². The lowest BCUT2D eigenvalue weighted by Crippen LogP contribution is -2.38. The van der Waals surface area contributed by atoms with Crippen LogP contribution in [0.2, 0.25) is 0 Å². The minimum Gasteiger partial charge on any atom is -0.462 e. The molecule has 6 heteroatoms. The molecule has 0 fully saturated rings. The highest BCUT2D eigenvalue weighted by Crippen LogP contribution is 2.43. The van der Waals surface area contributed by atoms with E-state index in [0.717, 1.165) is 11.4 Å². The number of carbonyl (C=O) groups excluding carboxylic acids is 2. The van der Waals surface area contributed by atoms with Crippen molar-refractivity contribution in [1.82, 2.24) is 4.90 Å². The van der Waals surface area contributed by atoms with Crippen LogP contribution in [0.3, 0.4) is 0 Å². The van der Waals surface area contributed by atoms with E-state index in [1.165, 1.54) is 12.1 Å². The molecule has 0 N–H and O–H groups in total. The number of allylic oxidation sites excluding steroid dienone is 2. The molecule has 2 rings (SSSR count). The molecule has 0 radical (unpaired) electrons. The highest BCUT2D eigenvalue weighted by atomic mass is 19.1. The zero-order valence-corrected chi connectivity index (χ0v) is 18.9. The summed E-state index contributed by atoms with van der Waals surface area (Å²) in [5, 5.41) is 0. The van der Waals surface area contributed by atoms with E-state index in [1.54, 1.807) is 26.0 Å². The van der Waals surface area contributed by atoms with E-state index in [1.807, 2.05) is 39.5 Å². The van der Waals surface area contributed by atoms with Crippen LogP contribution in [0.5, 0.6) is 0 Å². The van der Waals surface area contributed by atoms with E-state index in [4.69, 9.17) is 9.47 Å². The van der Waals surface area contributed by atoms with Gasteiger partial charge in [0.2, 0.25) is 0 Å². The maximum Gasteiger partial charge on any atom is 0.337 e. The standard InChI is InChI=1S/C24H32FNO4/c1-8-13-29-23(27)20-16(6)26(14(2)3)17(7)21(24(28)30-15(4)5)22(20)18-9-11-19(25)12-10-18/h9-12,14-15,22H,8,13H2,1-7H3. The molecule has 0 bridgehead atoms. The Balaban J connectivity index is 2.75. The maximum atomic E-state index is 13.6. The number of ether oxygens (including phenoxy) is 2. The van der Waals surface area contributed by atoms with Gasteiger partial charge in [-0.2, -0.15) is 0 Å². The largest absolute Gasteiger partial charge is 0.462 e. The van der Waals surface area contributed by atoms with Crippen LogP contribution in [0.15, 0.2) is 46.8 Å². The zero-order chi connectivity index (χ0) is 22.6. The molecule has 1 aromatic carbocycles. The number of carbonyl (C=O) groups is 2. The van der Waals surface area contributed by atoms with Gasteiger partial charge in [-0.15, -0.1) is 0 Å². The normalized spacial score (nSPS) is 17.1. The van der Waals surface area contributed by atoms with Crippen LogP contribution in [-0.2, 0) is 19.1 Å². The Kier molecular flexibility index (Phi) is 7.82. The number of halogens is 1. The van der Waals surface area contributed by atoms with Crippen LogP contribution in [-0.4, -0.2) is 35.6 Å². The minimum absolute atomic E-state index is 0.00925. The number of hydrogen-bond acceptors (Lipinski definition) is 5. The summed E-state index contributed by atoms with van der Waals surface area (Å²) in [7, 11) is 0. The average molecular weight is 418 g/mol. The summed E-state index contributed by atoms with van der Waals surface area (Å²) >= 11 is 0. The molecule has 30 heavy (non-hydrogen) atoms. The molecule has 1 aromatic rings. The van der Waals surface area contributed by atoms with E-state index >= 15 is 0 Å². The van der Waals surface area contributed by atoms with Gasteiger partial charge in [0.15, 0.2) is 0 Å². The van der Waals surface area contributed by atoms with E-state index in [2.05, 4.69) is 0 Å². The smallest absolute Gasteiger partial charge is 0.337 e. The molecule has 0 saturated carbocycles. The molecule has 0 amide bonds. The van der Waals surface area contributed by atoms with Crippen LogP contribution in [0, 0.1) is 5.82 Å². The van der Waals surface area contributed by atoms with Gasteiger partial charge in [-0.1, -0.05) is 19.1 Å². The summed E-state index contributed by atoms with van der Waals surface area (Å²) in [6.07, 6.45) is 0.367. The Morgan fingerprint density at radius 2 is 1.53 bits per heavy atom. The van der Waals surface area contributed by atoms with Crippen molar-refractivity contribution in [1.29, 1.82) is 0 Å². The van der Waals surface area contributed by atoms with E-state index < -0.39 is 17.9 Å². The van der Waals surface area contributed by atoms with Crippen molar-refractivity contribution < 1.29 is 23.5 Å². The Labute approximate surface area is 178 Å². The summed E-state index contributed by atoms with van der Waals surface area (Å²) < 4.78 is 24.6. The highest BCUT2D eigenvalue weighted by molar-refractivity contribution is 6.00. The van der Waals surface area contributed by atoms with Crippen molar-refractivity contribution in [2.45, 2.75) is 73.0 Å². The summed E-state index contributed by atoms with van der Waals surface area (Å²) in [5.74, 6) is -2.05. The third kappa shape index (κ3) is 4.91. The molecule has 0 spiro atoms. The molecule has 1 atom stereocenters. The molecule has 1 aliphatic heterocycles. The Bertz CT molecular complexity index is 852. The number of hydrogen-bond donors (Lipinski definition) is 0. The molecule has 1 heterocycles. The van der Waals surface area contributed by atoms with Crippen molar-refractivity contribution in [2.24, 2.45) is 0 Å². The van der Waals surface area contributed by atoms with Crippen LogP contribution < -0.4 is 0 Å². The van der Waals surface area contributed by atoms with E-state index in [9.17, 15) is 14.0 Å². The number of rotatable bonds is 7. The lowest BCUT2D eigenvalue weighted by Gasteiger charge is -2.40. The SMILES string of the molecule is CCCOC(=O)C1=C(C)N(C(C)C)C(C)=C(C(=O)OC(C)C)C1c1ccc(F)cc1. The summed E-state index contributed by atoms with van der Waals surface area (Å²) in [5.41, 5.74) is 2.83. The fourth-order valence-corrected chi connectivity index (χ4v) is 3.92. The van der Waals surface area contributed by atoms with Crippen molar-refractivity contribution in [3.8, 4) is 0 Å². The van der Waals surface area contributed by atoms with Gasteiger partial charge in [0.25, 0.3) is 0 Å². The number of nitrogens with zero attached hydrogens (tertiary/aromatic N) is 1. The van der Waals surface area contributed by atoms with Gasteiger partial charge >= 0.3 is 11.9 Å². The fourth-order valence-electron chi connectivity index (χ4n) is 3.92. The molecule has 164 valence electrons. The first kappa shape index (κ1) is 23.6. The van der Waals surface area contributed by atoms with E-state index in [0.29, 0.717) is 23.1 Å². The summed E-state index contributed by atoms with van der Waals surface area (Å²) in [6.45, 7) is 13.4. The molecule has 0 aliphatic carbocycles. The van der Waals surface area contributed by atoms with Crippen LogP contribution >= 0.6 is 0 Å². The molecule has 0 aromatic heterocycles. The second-order valence-electron chi connectivity index (χ2n) is 8.04. The quantitative estimate of drug-likeness (QED) is 0.579. The van der Waals surface area contributed by atoms with Crippen molar-refractivity contribution in [2.75, 3.05) is 6.61 Å². The van der Waals surface area contributed by atoms with Gasteiger partial charge in [0.1, 0.15) is 5.82 Å². The number of esters is 2. The topological polar surface area (TPSA) is 55.8 Å². The third-order valence-corrected chi connectivity index (χ3v) is 5.02. The van der Waals surface area contributed by atoms with Crippen LogP contribution in [0.4, 0.5) is 4.39 Å². The second-order valence-corrected chi connectivity index (χ2v) is 8.04. The maximum absolute atomic E-state index is 13.6. The van der Waals surface area contributed by atoms with Gasteiger partial charge in [-0.05, 0) is 65.7 Å². The van der Waals surface area contributed by atoms with Crippen molar-refractivity contribution in [3.63, 3.8) is 0 Å². The molecule has 5 nitrogen and oxygen atoms in total. The second kappa shape index (κ2) is 9.92. The zero-order valence-electron chi connectivity index (χ0n) is 18.9. The summed E-state index contributed by atoms with van der Waals surface area (Å²) in [4.78, 5) is 28.3.